The number of unbranched alkanes of at least 4 members (excludes halogenated alkanes) is 1. The first-order valence-corrected chi connectivity index (χ1v) is 10.3. The van der Waals surface area contributed by atoms with Crippen LogP contribution in [0, 0.1) is 10.1 Å². The van der Waals surface area contributed by atoms with Crippen LogP contribution in [0.3, 0.4) is 0 Å². The number of benzene rings is 1. The Morgan fingerprint density at radius 1 is 1.21 bits per heavy atom. The molecule has 1 aliphatic carbocycles. The maximum atomic E-state index is 12.9. The molecule has 29 heavy (non-hydrogen) atoms. The molecule has 1 aromatic carbocycles. The minimum Gasteiger partial charge on any atom is -0.354 e. The molecular formula is C21H28N4O4. The van der Waals surface area contributed by atoms with Crippen LogP contribution < -0.4 is 10.6 Å². The summed E-state index contributed by atoms with van der Waals surface area (Å²) in [5.41, 5.74) is -0.0781. The molecule has 2 N–H and O–H groups in total. The van der Waals surface area contributed by atoms with Gasteiger partial charge in [0.15, 0.2) is 0 Å². The molecule has 1 aromatic heterocycles. The fourth-order valence-corrected chi connectivity index (χ4v) is 4.01. The Bertz CT molecular complexity index is 899. The largest absolute Gasteiger partial charge is 0.354 e. The smallest absolute Gasteiger partial charge is 0.270 e. The highest BCUT2D eigenvalue weighted by molar-refractivity contribution is 5.92. The number of nitro benzene ring substituents is 1. The lowest BCUT2D eigenvalue weighted by atomic mass is 9.80. The molecule has 0 radical (unpaired) electrons. The quantitative estimate of drug-likeness (QED) is 0.403. The summed E-state index contributed by atoms with van der Waals surface area (Å²) in [4.78, 5) is 36.2. The second-order valence-corrected chi connectivity index (χ2v) is 7.74. The van der Waals surface area contributed by atoms with E-state index < -0.39 is 10.5 Å². The first-order chi connectivity index (χ1) is 13.9. The molecule has 0 saturated heterocycles. The monoisotopic (exact) mass is 400 g/mol. The number of carbonyl (C=O) groups excluding carboxylic acids is 2. The molecule has 8 heteroatoms. The van der Waals surface area contributed by atoms with Gasteiger partial charge in [-0.15, -0.1) is 0 Å². The molecule has 1 fully saturated rings. The molecule has 8 nitrogen and oxygen atoms in total. The fourth-order valence-electron chi connectivity index (χ4n) is 4.01. The first kappa shape index (κ1) is 20.8. The summed E-state index contributed by atoms with van der Waals surface area (Å²) in [6, 6.07) is 6.33. The van der Waals surface area contributed by atoms with Crippen molar-refractivity contribution in [3.8, 4) is 0 Å². The van der Waals surface area contributed by atoms with Gasteiger partial charge in [-0.25, -0.2) is 0 Å². The van der Waals surface area contributed by atoms with Gasteiger partial charge in [0.2, 0.25) is 11.8 Å². The van der Waals surface area contributed by atoms with Gasteiger partial charge in [0.1, 0.15) is 12.1 Å². The third-order valence-corrected chi connectivity index (χ3v) is 5.62. The van der Waals surface area contributed by atoms with Gasteiger partial charge < -0.3 is 15.2 Å². The van der Waals surface area contributed by atoms with Crippen molar-refractivity contribution in [1.82, 2.24) is 15.2 Å². The molecular weight excluding hydrogens is 372 g/mol. The van der Waals surface area contributed by atoms with Crippen molar-refractivity contribution in [2.45, 2.75) is 64.0 Å². The number of nitrogens with zero attached hydrogens (tertiary/aromatic N) is 2. The second kappa shape index (κ2) is 9.07. The number of amides is 2. The highest BCUT2D eigenvalue weighted by atomic mass is 16.6. The van der Waals surface area contributed by atoms with Gasteiger partial charge in [-0.05, 0) is 31.4 Å². The topological polar surface area (TPSA) is 106 Å². The summed E-state index contributed by atoms with van der Waals surface area (Å²) in [5.74, 6) is -0.319. The Morgan fingerprint density at radius 2 is 1.97 bits per heavy atom. The van der Waals surface area contributed by atoms with Crippen LogP contribution in [0.5, 0.6) is 0 Å². The zero-order valence-electron chi connectivity index (χ0n) is 16.8. The van der Waals surface area contributed by atoms with Crippen molar-refractivity contribution < 1.29 is 14.5 Å². The van der Waals surface area contributed by atoms with Gasteiger partial charge in [0, 0.05) is 35.8 Å². The van der Waals surface area contributed by atoms with Crippen LogP contribution in [0.4, 0.5) is 5.69 Å². The minimum atomic E-state index is -0.842. The summed E-state index contributed by atoms with van der Waals surface area (Å²) in [7, 11) is 0. The zero-order valence-corrected chi connectivity index (χ0v) is 16.8. The molecule has 0 aliphatic heterocycles. The van der Waals surface area contributed by atoms with Crippen LogP contribution in [0.2, 0.25) is 0 Å². The van der Waals surface area contributed by atoms with Crippen LogP contribution >= 0.6 is 0 Å². The number of carbonyl (C=O) groups is 2. The minimum absolute atomic E-state index is 0.0182. The summed E-state index contributed by atoms with van der Waals surface area (Å²) < 4.78 is 1.75. The third-order valence-electron chi connectivity index (χ3n) is 5.62. The Hall–Kier alpha value is -2.90. The summed E-state index contributed by atoms with van der Waals surface area (Å²) in [6.07, 6.45) is 7.85. The highest BCUT2D eigenvalue weighted by Gasteiger charge is 2.40. The molecule has 0 spiro atoms. The second-order valence-electron chi connectivity index (χ2n) is 7.74. The number of hydrogen-bond acceptors (Lipinski definition) is 4. The van der Waals surface area contributed by atoms with Gasteiger partial charge >= 0.3 is 0 Å². The predicted molar refractivity (Wildman–Crippen MR) is 110 cm³/mol. The highest BCUT2D eigenvalue weighted by Crippen LogP contribution is 2.29. The molecule has 1 aliphatic rings. The van der Waals surface area contributed by atoms with E-state index in [0.29, 0.717) is 24.8 Å². The number of nitrogens with one attached hydrogen (secondary N) is 2. The SMILES string of the molecule is CCCCNC(=O)C1(NC(=O)Cn2ccc3cc([N+](=O)[O-])ccc32)CCCCC1. The van der Waals surface area contributed by atoms with Gasteiger partial charge in [-0.3, -0.25) is 19.7 Å². The lowest BCUT2D eigenvalue weighted by molar-refractivity contribution is -0.384. The van der Waals surface area contributed by atoms with Gasteiger partial charge in [-0.1, -0.05) is 32.6 Å². The van der Waals surface area contributed by atoms with Crippen molar-refractivity contribution in [2.24, 2.45) is 0 Å². The number of hydrogen-bond donors (Lipinski definition) is 2. The molecule has 0 unspecified atom stereocenters. The summed E-state index contributed by atoms with van der Waals surface area (Å²) in [6.45, 7) is 2.75. The Kier molecular flexibility index (Phi) is 6.51. The summed E-state index contributed by atoms with van der Waals surface area (Å²) in [5, 5.41) is 17.6. The molecule has 0 atom stereocenters. The van der Waals surface area contributed by atoms with Crippen molar-refractivity contribution in [1.29, 1.82) is 0 Å². The standard InChI is InChI=1S/C21H28N4O4/c1-2-3-12-22-20(27)21(10-5-4-6-11-21)23-19(26)15-24-13-9-16-14-17(25(28)29)7-8-18(16)24/h7-9,13-14H,2-6,10-12,15H2,1H3,(H,22,27)(H,23,26). The molecule has 2 amide bonds. The van der Waals surface area contributed by atoms with Crippen molar-refractivity contribution in [3.05, 3.63) is 40.6 Å². The van der Waals surface area contributed by atoms with Crippen molar-refractivity contribution in [2.75, 3.05) is 6.54 Å². The Balaban J connectivity index is 1.72. The van der Waals surface area contributed by atoms with Crippen molar-refractivity contribution >= 4 is 28.4 Å². The van der Waals surface area contributed by atoms with E-state index in [9.17, 15) is 19.7 Å². The van der Waals surface area contributed by atoms with Crippen LogP contribution in [0.25, 0.3) is 10.9 Å². The summed E-state index contributed by atoms with van der Waals surface area (Å²) >= 11 is 0. The van der Waals surface area contributed by atoms with E-state index in [1.807, 2.05) is 0 Å². The van der Waals surface area contributed by atoms with E-state index in [0.717, 1.165) is 37.6 Å². The van der Waals surface area contributed by atoms with E-state index >= 15 is 0 Å². The lowest BCUT2D eigenvalue weighted by Gasteiger charge is -2.36. The van der Waals surface area contributed by atoms with E-state index in [-0.39, 0.29) is 24.0 Å². The zero-order chi connectivity index (χ0) is 20.9. The average molecular weight is 400 g/mol. The van der Waals surface area contributed by atoms with E-state index in [4.69, 9.17) is 0 Å². The molecule has 0 bridgehead atoms. The van der Waals surface area contributed by atoms with Crippen LogP contribution in [0.15, 0.2) is 30.5 Å². The van der Waals surface area contributed by atoms with Crippen LogP contribution in [-0.4, -0.2) is 33.4 Å². The number of nitro groups is 1. The van der Waals surface area contributed by atoms with E-state index in [2.05, 4.69) is 17.6 Å². The molecule has 1 heterocycles. The maximum Gasteiger partial charge on any atom is 0.270 e. The Labute approximate surface area is 169 Å². The molecule has 1 saturated carbocycles. The Morgan fingerprint density at radius 3 is 2.66 bits per heavy atom. The lowest BCUT2D eigenvalue weighted by Crippen LogP contribution is -2.60. The van der Waals surface area contributed by atoms with Gasteiger partial charge in [0.05, 0.1) is 4.92 Å². The molecule has 156 valence electrons. The number of non-ortho nitro benzene ring substituents is 1. The van der Waals surface area contributed by atoms with Gasteiger partial charge in [-0.2, -0.15) is 0 Å². The average Bonchev–Trinajstić information content (AvgIpc) is 3.10. The maximum absolute atomic E-state index is 12.9. The first-order valence-electron chi connectivity index (χ1n) is 10.3. The van der Waals surface area contributed by atoms with Crippen LogP contribution in [-0.2, 0) is 16.1 Å². The predicted octanol–water partition coefficient (Wildman–Crippen LogP) is 3.28. The molecule has 3 rings (SSSR count). The normalized spacial score (nSPS) is 15.8. The van der Waals surface area contributed by atoms with Crippen LogP contribution in [0.1, 0.15) is 51.9 Å². The molecule has 2 aromatic rings. The van der Waals surface area contributed by atoms with Crippen molar-refractivity contribution in [3.63, 3.8) is 0 Å². The number of fused-ring (bicyclic) bond motifs is 1. The number of rotatable bonds is 8. The number of aromatic nitrogens is 1. The fraction of sp³-hybridized carbons (Fsp3) is 0.524. The third kappa shape index (κ3) is 4.75. The van der Waals surface area contributed by atoms with Gasteiger partial charge in [0.25, 0.3) is 5.69 Å². The van der Waals surface area contributed by atoms with E-state index in [1.54, 1.807) is 22.9 Å². The van der Waals surface area contributed by atoms with E-state index in [1.165, 1.54) is 12.1 Å².